The molecule has 0 saturated heterocycles. The van der Waals surface area contributed by atoms with E-state index in [0.29, 0.717) is 18.6 Å². The van der Waals surface area contributed by atoms with Crippen LogP contribution in [0.15, 0.2) is 42.0 Å². The van der Waals surface area contributed by atoms with Crippen LogP contribution in [0.5, 0.6) is 0 Å². The van der Waals surface area contributed by atoms with Gasteiger partial charge in [0.15, 0.2) is 5.78 Å². The van der Waals surface area contributed by atoms with Gasteiger partial charge in [0.05, 0.1) is 13.0 Å². The second-order valence-electron chi connectivity index (χ2n) is 4.99. The van der Waals surface area contributed by atoms with Gasteiger partial charge in [0.25, 0.3) is 0 Å². The fraction of sp³-hybridized carbons (Fsp3) is 0.412. The summed E-state index contributed by atoms with van der Waals surface area (Å²) in [5.74, 6) is -0.179. The summed E-state index contributed by atoms with van der Waals surface area (Å²) in [4.78, 5) is 24.2. The lowest BCUT2D eigenvalue weighted by molar-refractivity contribution is -0.144. The molecule has 0 spiro atoms. The van der Waals surface area contributed by atoms with Crippen LogP contribution >= 0.6 is 0 Å². The molecule has 0 fully saturated rings. The van der Waals surface area contributed by atoms with E-state index in [9.17, 15) is 9.59 Å². The molecule has 0 amide bonds. The molecule has 0 aromatic heterocycles. The van der Waals surface area contributed by atoms with Crippen molar-refractivity contribution >= 4 is 11.8 Å². The van der Waals surface area contributed by atoms with Gasteiger partial charge in [0, 0.05) is 5.56 Å². The lowest BCUT2D eigenvalue weighted by Gasteiger charge is -2.22. The Morgan fingerprint density at radius 2 is 2.00 bits per heavy atom. The van der Waals surface area contributed by atoms with Crippen molar-refractivity contribution in [2.45, 2.75) is 32.6 Å². The van der Waals surface area contributed by atoms with Crippen LogP contribution < -0.4 is 0 Å². The Bertz CT molecular complexity index is 502. The Morgan fingerprint density at radius 1 is 1.25 bits per heavy atom. The first-order chi connectivity index (χ1) is 9.72. The van der Waals surface area contributed by atoms with Gasteiger partial charge in [-0.1, -0.05) is 36.4 Å². The van der Waals surface area contributed by atoms with Crippen molar-refractivity contribution in [2.75, 3.05) is 6.61 Å². The standard InChI is InChI=1S/C17H20O3/c1-2-20-16(18)12-14-10-6-7-11-15(14)17(19)13-8-4-3-5-9-13/h3-5,8-9,11,14H,2,6-7,10,12H2,1H3/t14-/m0/s1. The largest absolute Gasteiger partial charge is 0.466 e. The molecular formula is C17H20O3. The number of ketones is 1. The second-order valence-corrected chi connectivity index (χ2v) is 4.99. The van der Waals surface area contributed by atoms with Crippen molar-refractivity contribution in [3.05, 3.63) is 47.5 Å². The van der Waals surface area contributed by atoms with Crippen molar-refractivity contribution in [1.82, 2.24) is 0 Å². The van der Waals surface area contributed by atoms with Crippen LogP contribution in [0, 0.1) is 5.92 Å². The van der Waals surface area contributed by atoms with Gasteiger partial charge < -0.3 is 4.74 Å². The van der Waals surface area contributed by atoms with Crippen LogP contribution in [0.25, 0.3) is 0 Å². The Morgan fingerprint density at radius 3 is 2.70 bits per heavy atom. The minimum atomic E-state index is -0.217. The number of carbonyl (C=O) groups excluding carboxylic acids is 2. The van der Waals surface area contributed by atoms with E-state index in [1.807, 2.05) is 36.4 Å². The third-order valence-corrected chi connectivity index (χ3v) is 3.58. The predicted octanol–water partition coefficient (Wildman–Crippen LogP) is 3.55. The molecule has 3 nitrogen and oxygen atoms in total. The highest BCUT2D eigenvalue weighted by Crippen LogP contribution is 2.30. The quantitative estimate of drug-likeness (QED) is 0.608. The van der Waals surface area contributed by atoms with Crippen molar-refractivity contribution < 1.29 is 14.3 Å². The SMILES string of the molecule is CCOC(=O)C[C@@H]1CCCC=C1C(=O)c1ccccc1. The molecule has 0 saturated carbocycles. The summed E-state index contributed by atoms with van der Waals surface area (Å²) in [5.41, 5.74) is 1.46. The monoisotopic (exact) mass is 272 g/mol. The summed E-state index contributed by atoms with van der Waals surface area (Å²) in [6, 6.07) is 9.24. The number of hydrogen-bond donors (Lipinski definition) is 0. The Kier molecular flexibility index (Phi) is 5.10. The van der Waals surface area contributed by atoms with E-state index < -0.39 is 0 Å². The predicted molar refractivity (Wildman–Crippen MR) is 77.4 cm³/mol. The minimum Gasteiger partial charge on any atom is -0.466 e. The van der Waals surface area contributed by atoms with Gasteiger partial charge in [-0.2, -0.15) is 0 Å². The first-order valence-electron chi connectivity index (χ1n) is 7.17. The minimum absolute atomic E-state index is 0.00416. The highest BCUT2D eigenvalue weighted by Gasteiger charge is 2.26. The molecule has 1 aromatic rings. The lowest BCUT2D eigenvalue weighted by Crippen LogP contribution is -2.20. The lowest BCUT2D eigenvalue weighted by atomic mass is 9.81. The summed E-state index contributed by atoms with van der Waals surface area (Å²) in [5, 5.41) is 0. The maximum Gasteiger partial charge on any atom is 0.306 e. The molecule has 20 heavy (non-hydrogen) atoms. The van der Waals surface area contributed by atoms with Crippen LogP contribution in [0.4, 0.5) is 0 Å². The van der Waals surface area contributed by atoms with E-state index in [1.54, 1.807) is 6.92 Å². The van der Waals surface area contributed by atoms with Gasteiger partial charge in [-0.25, -0.2) is 0 Å². The molecule has 1 atom stereocenters. The van der Waals surface area contributed by atoms with Crippen molar-refractivity contribution in [1.29, 1.82) is 0 Å². The first-order valence-corrected chi connectivity index (χ1v) is 7.17. The van der Waals surface area contributed by atoms with Crippen LogP contribution in [0.1, 0.15) is 43.0 Å². The van der Waals surface area contributed by atoms with Gasteiger partial charge in [-0.3, -0.25) is 9.59 Å². The zero-order valence-electron chi connectivity index (χ0n) is 11.8. The maximum absolute atomic E-state index is 12.5. The number of ether oxygens (including phenoxy) is 1. The van der Waals surface area contributed by atoms with E-state index in [2.05, 4.69) is 0 Å². The smallest absolute Gasteiger partial charge is 0.306 e. The molecule has 1 aliphatic rings. The first kappa shape index (κ1) is 14.5. The maximum atomic E-state index is 12.5. The number of Topliss-reactive ketones (excluding diaryl/α,β-unsaturated/α-hetero) is 1. The molecule has 0 radical (unpaired) electrons. The van der Waals surface area contributed by atoms with Crippen molar-refractivity contribution in [2.24, 2.45) is 5.92 Å². The zero-order chi connectivity index (χ0) is 14.4. The molecule has 0 unspecified atom stereocenters. The van der Waals surface area contributed by atoms with Crippen LogP contribution in [0.3, 0.4) is 0 Å². The van der Waals surface area contributed by atoms with E-state index in [1.165, 1.54) is 0 Å². The summed E-state index contributed by atoms with van der Waals surface area (Å²) >= 11 is 0. The van der Waals surface area contributed by atoms with Gasteiger partial charge in [-0.15, -0.1) is 0 Å². The third-order valence-electron chi connectivity index (χ3n) is 3.58. The topological polar surface area (TPSA) is 43.4 Å². The van der Waals surface area contributed by atoms with Crippen LogP contribution in [-0.2, 0) is 9.53 Å². The number of esters is 1. The van der Waals surface area contributed by atoms with Gasteiger partial charge >= 0.3 is 5.97 Å². The normalized spacial score (nSPS) is 18.2. The van der Waals surface area contributed by atoms with Crippen LogP contribution in [0.2, 0.25) is 0 Å². The second kappa shape index (κ2) is 7.04. The molecule has 0 heterocycles. The molecular weight excluding hydrogens is 252 g/mol. The Balaban J connectivity index is 2.13. The molecule has 3 heteroatoms. The number of benzene rings is 1. The summed E-state index contributed by atoms with van der Waals surface area (Å²) in [7, 11) is 0. The Labute approximate surface area is 119 Å². The van der Waals surface area contributed by atoms with E-state index >= 15 is 0 Å². The number of allylic oxidation sites excluding steroid dienone is 2. The molecule has 1 aromatic carbocycles. The fourth-order valence-electron chi connectivity index (χ4n) is 2.61. The highest BCUT2D eigenvalue weighted by atomic mass is 16.5. The number of hydrogen-bond acceptors (Lipinski definition) is 3. The number of carbonyl (C=O) groups is 2. The average molecular weight is 272 g/mol. The summed E-state index contributed by atoms with van der Waals surface area (Å²) < 4.78 is 5.00. The van der Waals surface area contributed by atoms with Crippen molar-refractivity contribution in [3.63, 3.8) is 0 Å². The molecule has 0 aliphatic heterocycles. The van der Waals surface area contributed by atoms with Gasteiger partial charge in [0.1, 0.15) is 0 Å². The zero-order valence-corrected chi connectivity index (χ0v) is 11.8. The number of rotatable bonds is 5. The van der Waals surface area contributed by atoms with Gasteiger partial charge in [-0.05, 0) is 37.7 Å². The molecule has 106 valence electrons. The molecule has 1 aliphatic carbocycles. The molecule has 2 rings (SSSR count). The summed E-state index contributed by atoms with van der Waals surface area (Å²) in [6.07, 6.45) is 5.10. The van der Waals surface area contributed by atoms with Crippen molar-refractivity contribution in [3.8, 4) is 0 Å². The third kappa shape index (κ3) is 3.56. The van der Waals surface area contributed by atoms with E-state index in [-0.39, 0.29) is 17.7 Å². The van der Waals surface area contributed by atoms with E-state index in [0.717, 1.165) is 24.8 Å². The highest BCUT2D eigenvalue weighted by molar-refractivity contribution is 6.09. The Hall–Kier alpha value is -1.90. The average Bonchev–Trinajstić information content (AvgIpc) is 2.48. The molecule has 0 N–H and O–H groups in total. The summed E-state index contributed by atoms with van der Waals surface area (Å²) in [6.45, 7) is 2.18. The van der Waals surface area contributed by atoms with E-state index in [4.69, 9.17) is 4.74 Å². The van der Waals surface area contributed by atoms with Crippen LogP contribution in [-0.4, -0.2) is 18.4 Å². The van der Waals surface area contributed by atoms with Gasteiger partial charge in [0.2, 0.25) is 0 Å². The molecule has 0 bridgehead atoms. The fourth-order valence-corrected chi connectivity index (χ4v) is 2.61.